The number of quaternary nitrogens is 1. The first-order valence-corrected chi connectivity index (χ1v) is 10.5. The first-order valence-electron chi connectivity index (χ1n) is 10.5. The molecule has 0 unspecified atom stereocenters. The molecule has 0 fully saturated rings. The lowest BCUT2D eigenvalue weighted by Crippen LogP contribution is -2.40. The molecule has 0 aliphatic carbocycles. The number of ether oxygens (including phenoxy) is 1. The Bertz CT molecular complexity index is 1110. The summed E-state index contributed by atoms with van der Waals surface area (Å²) in [6.45, 7) is 2.33. The van der Waals surface area contributed by atoms with Crippen LogP contribution in [0.15, 0.2) is 84.9 Å². The molecule has 3 nitrogen and oxygen atoms in total. The summed E-state index contributed by atoms with van der Waals surface area (Å²) in [6.07, 6.45) is 0.828. The van der Waals surface area contributed by atoms with E-state index < -0.39 is 0 Å². The van der Waals surface area contributed by atoms with Crippen molar-refractivity contribution in [3.63, 3.8) is 0 Å². The van der Waals surface area contributed by atoms with Gasteiger partial charge in [-0.3, -0.25) is 0 Å². The van der Waals surface area contributed by atoms with Crippen molar-refractivity contribution in [2.24, 2.45) is 0 Å². The van der Waals surface area contributed by atoms with E-state index in [2.05, 4.69) is 44.4 Å². The quantitative estimate of drug-likeness (QED) is 0.170. The highest BCUT2D eigenvalue weighted by Gasteiger charge is 2.18. The summed E-state index contributed by atoms with van der Waals surface area (Å²) in [5.74, 6) is -0.239. The Morgan fingerprint density at radius 3 is 2.00 bits per heavy atom. The van der Waals surface area contributed by atoms with E-state index in [1.54, 1.807) is 0 Å². The topological polar surface area (TPSA) is 26.3 Å². The summed E-state index contributed by atoms with van der Waals surface area (Å²) in [4.78, 5) is 13.1. The highest BCUT2D eigenvalue weighted by Crippen LogP contribution is 2.29. The van der Waals surface area contributed by atoms with Gasteiger partial charge in [-0.2, -0.15) is 0 Å². The molecule has 0 saturated carbocycles. The summed E-state index contributed by atoms with van der Waals surface area (Å²) in [7, 11) is 4.43. The summed E-state index contributed by atoms with van der Waals surface area (Å²) in [5.41, 5.74) is 1.99. The molecule has 4 aromatic rings. The maximum atomic E-state index is 13.1. The largest absolute Gasteiger partial charge is 0.462 e. The van der Waals surface area contributed by atoms with E-state index in [0.717, 1.165) is 45.5 Å². The summed E-state index contributed by atoms with van der Waals surface area (Å²) >= 11 is 0. The summed E-state index contributed by atoms with van der Waals surface area (Å²) < 4.78 is 6.60. The van der Waals surface area contributed by atoms with Gasteiger partial charge in [0, 0.05) is 12.0 Å². The number of benzene rings is 4. The van der Waals surface area contributed by atoms with Gasteiger partial charge in [-0.25, -0.2) is 4.79 Å². The molecule has 0 atom stereocenters. The summed E-state index contributed by atoms with van der Waals surface area (Å²) in [5, 5.41) is 4.01. The monoisotopic (exact) mass is 398 g/mol. The first kappa shape index (κ1) is 20.1. The van der Waals surface area contributed by atoms with Crippen LogP contribution in [0.5, 0.6) is 0 Å². The van der Waals surface area contributed by atoms with E-state index in [4.69, 9.17) is 4.74 Å². The molecule has 3 heteroatoms. The minimum atomic E-state index is -0.239. The Hall–Kier alpha value is -3.17. The van der Waals surface area contributed by atoms with Crippen molar-refractivity contribution in [3.8, 4) is 0 Å². The lowest BCUT2D eigenvalue weighted by Gasteiger charge is -2.29. The van der Waals surface area contributed by atoms with E-state index in [9.17, 15) is 4.79 Å². The van der Waals surface area contributed by atoms with Crippen LogP contribution < -0.4 is 0 Å². The van der Waals surface area contributed by atoms with Crippen LogP contribution in [0.2, 0.25) is 0 Å². The smallest absolute Gasteiger partial charge is 0.339 e. The van der Waals surface area contributed by atoms with Gasteiger partial charge in [-0.15, -0.1) is 0 Å². The summed E-state index contributed by atoms with van der Waals surface area (Å²) in [6, 6.07) is 28.7. The Morgan fingerprint density at radius 1 is 0.800 bits per heavy atom. The molecule has 0 amide bonds. The van der Waals surface area contributed by atoms with Gasteiger partial charge in [0.2, 0.25) is 0 Å². The fraction of sp³-hybridized carbons (Fsp3) is 0.222. The minimum absolute atomic E-state index is 0.239. The SMILES string of the molecule is C[N+](C)(CCCOC(=O)c1c2ccccc2cc2ccccc12)Cc1ccccc1. The number of fused-ring (bicyclic) bond motifs is 2. The van der Waals surface area contributed by atoms with Crippen molar-refractivity contribution >= 4 is 27.5 Å². The molecule has 0 aliphatic heterocycles. The number of nitrogens with zero attached hydrogens (tertiary/aromatic N) is 1. The molecule has 152 valence electrons. The standard InChI is InChI=1S/C27H28NO2/c1-28(2,20-21-11-4-3-5-12-21)17-10-18-30-27(29)26-24-15-8-6-13-22(24)19-23-14-7-9-16-25(23)26/h3-9,11-16,19H,10,17-18,20H2,1-2H3/q+1. The van der Waals surface area contributed by atoms with Gasteiger partial charge in [0.25, 0.3) is 0 Å². The third-order valence-corrected chi connectivity index (χ3v) is 5.57. The second kappa shape index (κ2) is 8.68. The van der Waals surface area contributed by atoms with E-state index in [1.165, 1.54) is 5.56 Å². The van der Waals surface area contributed by atoms with Crippen molar-refractivity contribution in [1.82, 2.24) is 0 Å². The van der Waals surface area contributed by atoms with E-state index in [-0.39, 0.29) is 5.97 Å². The van der Waals surface area contributed by atoms with Crippen LogP contribution in [0.25, 0.3) is 21.5 Å². The third-order valence-electron chi connectivity index (χ3n) is 5.57. The molecular weight excluding hydrogens is 370 g/mol. The van der Waals surface area contributed by atoms with Gasteiger partial charge < -0.3 is 9.22 Å². The third kappa shape index (κ3) is 4.52. The second-order valence-electron chi connectivity index (χ2n) is 8.49. The fourth-order valence-corrected chi connectivity index (χ4v) is 4.12. The second-order valence-corrected chi connectivity index (χ2v) is 8.49. The van der Waals surface area contributed by atoms with Crippen LogP contribution in [0.1, 0.15) is 22.3 Å². The van der Waals surface area contributed by atoms with Crippen LogP contribution in [0, 0.1) is 0 Å². The predicted octanol–water partition coefficient (Wildman–Crippen LogP) is 5.82. The number of rotatable bonds is 7. The van der Waals surface area contributed by atoms with Crippen molar-refractivity contribution in [1.29, 1.82) is 0 Å². The molecule has 0 aromatic heterocycles. The van der Waals surface area contributed by atoms with Gasteiger partial charge in [0.15, 0.2) is 0 Å². The van der Waals surface area contributed by atoms with Gasteiger partial charge in [0.1, 0.15) is 6.54 Å². The zero-order chi connectivity index (χ0) is 21.0. The van der Waals surface area contributed by atoms with Crippen LogP contribution >= 0.6 is 0 Å². The average molecular weight is 399 g/mol. The zero-order valence-corrected chi connectivity index (χ0v) is 17.7. The first-order chi connectivity index (χ1) is 14.5. The normalized spacial score (nSPS) is 11.7. The molecule has 0 aliphatic rings. The van der Waals surface area contributed by atoms with Crippen molar-refractivity contribution < 1.29 is 14.0 Å². The predicted molar refractivity (Wildman–Crippen MR) is 123 cm³/mol. The zero-order valence-electron chi connectivity index (χ0n) is 17.7. The van der Waals surface area contributed by atoms with Crippen molar-refractivity contribution in [2.75, 3.05) is 27.2 Å². The van der Waals surface area contributed by atoms with Crippen LogP contribution in [0.3, 0.4) is 0 Å². The Kier molecular flexibility index (Phi) is 5.82. The molecule has 0 heterocycles. The minimum Gasteiger partial charge on any atom is -0.462 e. The number of hydrogen-bond acceptors (Lipinski definition) is 2. The molecule has 30 heavy (non-hydrogen) atoms. The van der Waals surface area contributed by atoms with E-state index >= 15 is 0 Å². The number of esters is 1. The molecule has 0 spiro atoms. The molecule has 0 saturated heterocycles. The van der Waals surface area contributed by atoms with Gasteiger partial charge in [-0.05, 0) is 27.6 Å². The van der Waals surface area contributed by atoms with E-state index in [0.29, 0.717) is 12.2 Å². The molecule has 4 rings (SSSR count). The van der Waals surface area contributed by atoms with Gasteiger partial charge in [0.05, 0.1) is 32.8 Å². The number of carbonyl (C=O) groups is 1. The fourth-order valence-electron chi connectivity index (χ4n) is 4.12. The number of hydrogen-bond donors (Lipinski definition) is 0. The van der Waals surface area contributed by atoms with E-state index in [1.807, 2.05) is 54.6 Å². The molecule has 0 bridgehead atoms. The molecule has 0 N–H and O–H groups in total. The highest BCUT2D eigenvalue weighted by molar-refractivity contribution is 6.16. The molecule has 4 aromatic carbocycles. The van der Waals surface area contributed by atoms with Crippen molar-refractivity contribution in [3.05, 3.63) is 96.1 Å². The molecular formula is C27H28NO2+. The average Bonchev–Trinajstić information content (AvgIpc) is 2.75. The van der Waals surface area contributed by atoms with Gasteiger partial charge >= 0.3 is 5.97 Å². The lowest BCUT2D eigenvalue weighted by molar-refractivity contribution is -0.903. The van der Waals surface area contributed by atoms with Crippen LogP contribution in [-0.2, 0) is 11.3 Å². The lowest BCUT2D eigenvalue weighted by atomic mass is 9.97. The maximum absolute atomic E-state index is 13.1. The number of carbonyl (C=O) groups excluding carboxylic acids is 1. The van der Waals surface area contributed by atoms with Crippen molar-refractivity contribution in [2.45, 2.75) is 13.0 Å². The Labute approximate surface area is 178 Å². The Morgan fingerprint density at radius 2 is 1.37 bits per heavy atom. The van der Waals surface area contributed by atoms with Crippen LogP contribution in [0.4, 0.5) is 0 Å². The Balaban J connectivity index is 1.45. The van der Waals surface area contributed by atoms with Gasteiger partial charge in [-0.1, -0.05) is 78.9 Å². The maximum Gasteiger partial charge on any atom is 0.339 e. The molecule has 0 radical (unpaired) electrons. The highest BCUT2D eigenvalue weighted by atomic mass is 16.5. The van der Waals surface area contributed by atoms with Crippen LogP contribution in [-0.4, -0.2) is 37.7 Å².